The fourth-order valence-electron chi connectivity index (χ4n) is 4.35. The van der Waals surface area contributed by atoms with E-state index in [4.69, 9.17) is 4.74 Å². The third-order valence-electron chi connectivity index (χ3n) is 5.97. The lowest BCUT2D eigenvalue weighted by atomic mass is 9.52. The van der Waals surface area contributed by atoms with E-state index in [0.29, 0.717) is 11.5 Å². The average molecular weight is 266 g/mol. The molecule has 0 bridgehead atoms. The summed E-state index contributed by atoms with van der Waals surface area (Å²) < 4.78 is 5.37. The maximum Gasteiger partial charge on any atom is 0.334 e. The van der Waals surface area contributed by atoms with Crippen LogP contribution in [0.1, 0.15) is 40.0 Å². The molecule has 0 amide bonds. The third-order valence-corrected chi connectivity index (χ3v) is 5.97. The van der Waals surface area contributed by atoms with Gasteiger partial charge in [-0.3, -0.25) is 0 Å². The molecule has 0 saturated heterocycles. The minimum Gasteiger partial charge on any atom is -0.454 e. The van der Waals surface area contributed by atoms with Crippen molar-refractivity contribution < 1.29 is 19.7 Å². The molecule has 2 saturated carbocycles. The van der Waals surface area contributed by atoms with Gasteiger partial charge in [0.1, 0.15) is 6.10 Å². The number of hydrogen-bond acceptors (Lipinski definition) is 4. The van der Waals surface area contributed by atoms with Crippen LogP contribution >= 0.6 is 0 Å². The predicted molar refractivity (Wildman–Crippen MR) is 69.2 cm³/mol. The number of carbonyl (C=O) groups excluding carboxylic acids is 1. The first kappa shape index (κ1) is 13.1. The first-order valence-corrected chi connectivity index (χ1v) is 7.15. The number of aliphatic hydroxyl groups excluding tert-OH is 2. The third kappa shape index (κ3) is 1.56. The monoisotopic (exact) mass is 266 g/mol. The lowest BCUT2D eigenvalue weighted by Gasteiger charge is -2.55. The summed E-state index contributed by atoms with van der Waals surface area (Å²) in [6, 6.07) is 0. The predicted octanol–water partition coefficient (Wildman–Crippen LogP) is 1.41. The van der Waals surface area contributed by atoms with E-state index in [1.54, 1.807) is 6.92 Å². The molecule has 2 N–H and O–H groups in total. The Hall–Kier alpha value is -0.870. The summed E-state index contributed by atoms with van der Waals surface area (Å²) in [5.74, 6) is 0.0288. The summed E-state index contributed by atoms with van der Waals surface area (Å²) in [4.78, 5) is 11.7. The van der Waals surface area contributed by atoms with Crippen LogP contribution in [0, 0.1) is 17.3 Å². The van der Waals surface area contributed by atoms with Gasteiger partial charge in [0, 0.05) is 16.6 Å². The molecular formula is C15H22O4. The number of hydrogen-bond donors (Lipinski definition) is 2. The molecule has 1 heterocycles. The summed E-state index contributed by atoms with van der Waals surface area (Å²) >= 11 is 0. The second-order valence-corrected chi connectivity index (χ2v) is 6.61. The van der Waals surface area contributed by atoms with E-state index in [9.17, 15) is 15.0 Å². The Balaban J connectivity index is 2.04. The van der Waals surface area contributed by atoms with Crippen LogP contribution in [0.3, 0.4) is 0 Å². The first-order valence-electron chi connectivity index (χ1n) is 7.15. The quantitative estimate of drug-likeness (QED) is 0.651. The van der Waals surface area contributed by atoms with Crippen LogP contribution in [0.15, 0.2) is 11.1 Å². The van der Waals surface area contributed by atoms with E-state index < -0.39 is 6.10 Å². The summed E-state index contributed by atoms with van der Waals surface area (Å²) in [5.41, 5.74) is 0.952. The van der Waals surface area contributed by atoms with E-state index in [0.717, 1.165) is 24.8 Å². The van der Waals surface area contributed by atoms with Crippen molar-refractivity contribution in [1.82, 2.24) is 0 Å². The minimum atomic E-state index is -0.687. The Morgan fingerprint density at radius 2 is 2.00 bits per heavy atom. The van der Waals surface area contributed by atoms with E-state index in [1.165, 1.54) is 0 Å². The molecule has 0 aromatic carbocycles. The van der Waals surface area contributed by atoms with Gasteiger partial charge in [-0.2, -0.15) is 0 Å². The number of carbonyl (C=O) groups is 1. The number of fused-ring (bicyclic) bond motifs is 2. The van der Waals surface area contributed by atoms with Gasteiger partial charge in [0.2, 0.25) is 0 Å². The van der Waals surface area contributed by atoms with Crippen molar-refractivity contribution in [3.05, 3.63) is 11.1 Å². The number of ether oxygens (including phenoxy) is 1. The Kier molecular flexibility index (Phi) is 2.81. The van der Waals surface area contributed by atoms with Gasteiger partial charge in [-0.15, -0.1) is 0 Å². The van der Waals surface area contributed by atoms with Crippen molar-refractivity contribution in [3.63, 3.8) is 0 Å². The second kappa shape index (κ2) is 4.06. The Labute approximate surface area is 113 Å². The van der Waals surface area contributed by atoms with Crippen molar-refractivity contribution in [2.45, 2.75) is 58.3 Å². The molecule has 106 valence electrons. The summed E-state index contributed by atoms with van der Waals surface area (Å²) in [5, 5.41) is 20.9. The molecular weight excluding hydrogens is 244 g/mol. The zero-order chi connectivity index (χ0) is 13.9. The van der Waals surface area contributed by atoms with Crippen LogP contribution < -0.4 is 0 Å². The molecule has 3 aliphatic rings. The molecule has 2 aliphatic carbocycles. The maximum atomic E-state index is 11.7. The zero-order valence-electron chi connectivity index (χ0n) is 11.7. The fourth-order valence-corrected chi connectivity index (χ4v) is 4.35. The average Bonchev–Trinajstić information content (AvgIpc) is 2.65. The summed E-state index contributed by atoms with van der Waals surface area (Å²) in [6.45, 7) is 5.79. The molecule has 6 atom stereocenters. The zero-order valence-corrected chi connectivity index (χ0v) is 11.7. The molecule has 3 rings (SSSR count). The Morgan fingerprint density at radius 1 is 1.32 bits per heavy atom. The number of esters is 1. The molecule has 19 heavy (non-hydrogen) atoms. The van der Waals surface area contributed by atoms with Gasteiger partial charge in [0.25, 0.3) is 0 Å². The number of rotatable bonds is 0. The van der Waals surface area contributed by atoms with Crippen LogP contribution in [0.5, 0.6) is 0 Å². The molecule has 1 aliphatic heterocycles. The van der Waals surface area contributed by atoms with Crippen molar-refractivity contribution in [2.24, 2.45) is 17.3 Å². The van der Waals surface area contributed by atoms with E-state index in [1.807, 2.05) is 6.92 Å². The van der Waals surface area contributed by atoms with Gasteiger partial charge >= 0.3 is 5.97 Å². The molecule has 2 fully saturated rings. The van der Waals surface area contributed by atoms with Gasteiger partial charge in [-0.25, -0.2) is 4.79 Å². The van der Waals surface area contributed by atoms with Crippen LogP contribution in [-0.2, 0) is 9.53 Å². The standard InChI is InChI=1S/C15H22O4/c1-7-12-11(19-14(7)18)6-9-4-5-10(16)8(2)15(9,3)13(12)17/h8-11,13,16-17H,4-6H2,1-3H3/t8-,9+,10-,11-,13+,15+/m0/s1. The van der Waals surface area contributed by atoms with Crippen LogP contribution in [0.4, 0.5) is 0 Å². The topological polar surface area (TPSA) is 66.8 Å². The molecule has 0 unspecified atom stereocenters. The van der Waals surface area contributed by atoms with Gasteiger partial charge < -0.3 is 14.9 Å². The first-order chi connectivity index (χ1) is 8.87. The van der Waals surface area contributed by atoms with Crippen LogP contribution in [-0.4, -0.2) is 34.5 Å². The molecule has 0 spiro atoms. The molecule has 0 radical (unpaired) electrons. The molecule has 4 nitrogen and oxygen atoms in total. The van der Waals surface area contributed by atoms with Crippen molar-refractivity contribution in [1.29, 1.82) is 0 Å². The van der Waals surface area contributed by atoms with E-state index in [2.05, 4.69) is 6.92 Å². The van der Waals surface area contributed by atoms with Crippen molar-refractivity contribution in [2.75, 3.05) is 0 Å². The molecule has 4 heteroatoms. The van der Waals surface area contributed by atoms with Crippen molar-refractivity contribution >= 4 is 5.97 Å². The molecule has 0 aromatic rings. The highest BCUT2D eigenvalue weighted by atomic mass is 16.5. The smallest absolute Gasteiger partial charge is 0.334 e. The van der Waals surface area contributed by atoms with Crippen molar-refractivity contribution in [3.8, 4) is 0 Å². The largest absolute Gasteiger partial charge is 0.454 e. The second-order valence-electron chi connectivity index (χ2n) is 6.61. The van der Waals surface area contributed by atoms with Gasteiger partial charge in [-0.05, 0) is 38.0 Å². The van der Waals surface area contributed by atoms with Gasteiger partial charge in [-0.1, -0.05) is 13.8 Å². The maximum absolute atomic E-state index is 11.7. The summed E-state index contributed by atoms with van der Waals surface area (Å²) in [7, 11) is 0. The van der Waals surface area contributed by atoms with E-state index >= 15 is 0 Å². The number of aliphatic hydroxyl groups is 2. The SMILES string of the molecule is CC1=C2[C@H](C[C@H]3CC[C@H](O)[C@H](C)[C@@]3(C)[C@@H]2O)OC1=O. The molecule has 0 aromatic heterocycles. The highest BCUT2D eigenvalue weighted by molar-refractivity contribution is 5.92. The normalized spacial score (nSPS) is 49.7. The highest BCUT2D eigenvalue weighted by Gasteiger charge is 2.58. The van der Waals surface area contributed by atoms with Crippen LogP contribution in [0.2, 0.25) is 0 Å². The lowest BCUT2D eigenvalue weighted by Crippen LogP contribution is -2.57. The van der Waals surface area contributed by atoms with Gasteiger partial charge in [0.15, 0.2) is 0 Å². The van der Waals surface area contributed by atoms with Gasteiger partial charge in [0.05, 0.1) is 12.2 Å². The Morgan fingerprint density at radius 3 is 2.68 bits per heavy atom. The Bertz CT molecular complexity index is 455. The summed E-state index contributed by atoms with van der Waals surface area (Å²) in [6.07, 6.45) is 1.14. The fraction of sp³-hybridized carbons (Fsp3) is 0.800. The van der Waals surface area contributed by atoms with Crippen LogP contribution in [0.25, 0.3) is 0 Å². The van der Waals surface area contributed by atoms with E-state index in [-0.39, 0.29) is 29.5 Å². The highest BCUT2D eigenvalue weighted by Crippen LogP contribution is 2.56. The lowest BCUT2D eigenvalue weighted by molar-refractivity contribution is -0.152. The minimum absolute atomic E-state index is 0.0261.